The Hall–Kier alpha value is -0.510. The number of ether oxygens (including phenoxy) is 1. The molecule has 3 nitrogen and oxygen atoms in total. The van der Waals surface area contributed by atoms with Crippen molar-refractivity contribution in [1.82, 2.24) is 4.90 Å². The number of hydrogen-bond acceptors (Lipinski definition) is 2. The molecular formula is C11H18BrNO2. The van der Waals surface area contributed by atoms with Gasteiger partial charge in [0.15, 0.2) is 0 Å². The number of hydrogen-bond donors (Lipinski definition) is 0. The van der Waals surface area contributed by atoms with Crippen molar-refractivity contribution in [2.75, 3.05) is 6.54 Å². The Labute approximate surface area is 99.6 Å². The molecule has 1 atom stereocenters. The van der Waals surface area contributed by atoms with Crippen LogP contribution < -0.4 is 0 Å². The molecule has 86 valence electrons. The molecule has 0 saturated carbocycles. The molecule has 0 aromatic rings. The molecule has 0 aromatic heterocycles. The van der Waals surface area contributed by atoms with Gasteiger partial charge in [0.1, 0.15) is 5.60 Å². The van der Waals surface area contributed by atoms with Crippen molar-refractivity contribution in [3.05, 3.63) is 10.6 Å². The second-order valence-corrected chi connectivity index (χ2v) is 5.39. The lowest BCUT2D eigenvalue weighted by Gasteiger charge is -2.26. The molecular weight excluding hydrogens is 258 g/mol. The molecule has 1 rings (SSSR count). The number of nitrogens with zero attached hydrogens (tertiary/aromatic N) is 1. The van der Waals surface area contributed by atoms with Crippen molar-refractivity contribution in [2.24, 2.45) is 0 Å². The first-order valence-corrected chi connectivity index (χ1v) is 6.03. The first-order chi connectivity index (χ1) is 6.83. The van der Waals surface area contributed by atoms with Crippen LogP contribution in [0.4, 0.5) is 4.79 Å². The molecule has 1 fully saturated rings. The van der Waals surface area contributed by atoms with E-state index in [2.05, 4.69) is 15.9 Å². The SMILES string of the molecule is C[C@@H]1CC(=CBr)CN1C(=O)OC(C)(C)C. The lowest BCUT2D eigenvalue weighted by Crippen LogP contribution is -2.38. The second kappa shape index (κ2) is 4.56. The van der Waals surface area contributed by atoms with Crippen LogP contribution in [0.1, 0.15) is 34.1 Å². The molecule has 0 unspecified atom stereocenters. The molecule has 0 spiro atoms. The van der Waals surface area contributed by atoms with Crippen LogP contribution in [0.3, 0.4) is 0 Å². The van der Waals surface area contributed by atoms with Crippen molar-refractivity contribution in [3.63, 3.8) is 0 Å². The first-order valence-electron chi connectivity index (χ1n) is 5.11. The minimum absolute atomic E-state index is 0.223. The molecule has 0 bridgehead atoms. The molecule has 0 aliphatic carbocycles. The van der Waals surface area contributed by atoms with Crippen LogP contribution in [0.2, 0.25) is 0 Å². The number of carbonyl (C=O) groups is 1. The molecule has 1 amide bonds. The highest BCUT2D eigenvalue weighted by atomic mass is 79.9. The van der Waals surface area contributed by atoms with E-state index in [4.69, 9.17) is 4.74 Å². The fraction of sp³-hybridized carbons (Fsp3) is 0.727. The molecule has 0 radical (unpaired) electrons. The van der Waals surface area contributed by atoms with E-state index >= 15 is 0 Å². The Bertz CT molecular complexity index is 281. The van der Waals surface area contributed by atoms with E-state index in [0.29, 0.717) is 6.54 Å². The van der Waals surface area contributed by atoms with E-state index in [1.165, 1.54) is 5.57 Å². The van der Waals surface area contributed by atoms with Gasteiger partial charge in [0.2, 0.25) is 0 Å². The van der Waals surface area contributed by atoms with Gasteiger partial charge in [-0.2, -0.15) is 0 Å². The zero-order chi connectivity index (χ0) is 11.6. The molecule has 4 heteroatoms. The third-order valence-corrected chi connectivity index (χ3v) is 2.89. The van der Waals surface area contributed by atoms with Crippen LogP contribution in [-0.4, -0.2) is 29.2 Å². The minimum Gasteiger partial charge on any atom is -0.444 e. The molecule has 0 aromatic carbocycles. The fourth-order valence-electron chi connectivity index (χ4n) is 1.57. The quantitative estimate of drug-likeness (QED) is 0.679. The topological polar surface area (TPSA) is 29.5 Å². The van der Waals surface area contributed by atoms with Crippen LogP contribution in [0, 0.1) is 0 Å². The first kappa shape index (κ1) is 12.6. The lowest BCUT2D eigenvalue weighted by molar-refractivity contribution is 0.0242. The summed E-state index contributed by atoms with van der Waals surface area (Å²) >= 11 is 3.30. The molecule has 1 heterocycles. The maximum Gasteiger partial charge on any atom is 0.410 e. The highest BCUT2D eigenvalue weighted by Gasteiger charge is 2.31. The van der Waals surface area contributed by atoms with Crippen LogP contribution >= 0.6 is 15.9 Å². The van der Waals surface area contributed by atoms with Crippen LogP contribution in [-0.2, 0) is 4.74 Å². The normalized spacial score (nSPS) is 24.7. The van der Waals surface area contributed by atoms with Gasteiger partial charge in [0.05, 0.1) is 0 Å². The van der Waals surface area contributed by atoms with Crippen molar-refractivity contribution in [2.45, 2.75) is 45.8 Å². The Morgan fingerprint density at radius 1 is 1.60 bits per heavy atom. The number of amides is 1. The van der Waals surface area contributed by atoms with E-state index < -0.39 is 5.60 Å². The minimum atomic E-state index is -0.419. The summed E-state index contributed by atoms with van der Waals surface area (Å²) in [6, 6.07) is 0.226. The average molecular weight is 276 g/mol. The predicted octanol–water partition coefficient (Wildman–Crippen LogP) is 3.29. The standard InChI is InChI=1S/C11H18BrNO2/c1-8-5-9(6-12)7-13(8)10(14)15-11(2,3)4/h6,8H,5,7H2,1-4H3/t8-/m1/s1. The largest absolute Gasteiger partial charge is 0.444 e. The van der Waals surface area contributed by atoms with E-state index in [-0.39, 0.29) is 12.1 Å². The summed E-state index contributed by atoms with van der Waals surface area (Å²) in [4.78, 5) is 15.5. The van der Waals surface area contributed by atoms with E-state index in [1.54, 1.807) is 4.90 Å². The lowest BCUT2D eigenvalue weighted by atomic mass is 10.2. The summed E-state index contributed by atoms with van der Waals surface area (Å²) in [5.41, 5.74) is 0.811. The Morgan fingerprint density at radius 3 is 2.60 bits per heavy atom. The van der Waals surface area contributed by atoms with Gasteiger partial charge in [-0.1, -0.05) is 15.9 Å². The zero-order valence-electron chi connectivity index (χ0n) is 9.71. The van der Waals surface area contributed by atoms with Gasteiger partial charge >= 0.3 is 6.09 Å². The molecule has 1 saturated heterocycles. The van der Waals surface area contributed by atoms with E-state index in [0.717, 1.165) is 6.42 Å². The van der Waals surface area contributed by atoms with Crippen molar-refractivity contribution in [1.29, 1.82) is 0 Å². The maximum atomic E-state index is 11.8. The van der Waals surface area contributed by atoms with Crippen LogP contribution in [0.15, 0.2) is 10.6 Å². The van der Waals surface area contributed by atoms with Gasteiger partial charge in [-0.15, -0.1) is 0 Å². The molecule has 15 heavy (non-hydrogen) atoms. The van der Waals surface area contributed by atoms with Crippen LogP contribution in [0.25, 0.3) is 0 Å². The summed E-state index contributed by atoms with van der Waals surface area (Å²) in [6.45, 7) is 8.35. The van der Waals surface area contributed by atoms with Crippen molar-refractivity contribution >= 4 is 22.0 Å². The van der Waals surface area contributed by atoms with Gasteiger partial charge < -0.3 is 9.64 Å². The zero-order valence-corrected chi connectivity index (χ0v) is 11.3. The van der Waals surface area contributed by atoms with E-state index in [1.807, 2.05) is 32.7 Å². The number of carbonyl (C=O) groups excluding carboxylic acids is 1. The Balaban J connectivity index is 2.62. The number of halogens is 1. The van der Waals surface area contributed by atoms with Gasteiger partial charge in [0, 0.05) is 12.6 Å². The van der Waals surface area contributed by atoms with Crippen LogP contribution in [0.5, 0.6) is 0 Å². The number of likely N-dealkylation sites (tertiary alicyclic amines) is 1. The average Bonchev–Trinajstić information content (AvgIpc) is 2.43. The maximum absolute atomic E-state index is 11.8. The summed E-state index contributed by atoms with van der Waals surface area (Å²) in [5, 5.41) is 0. The smallest absolute Gasteiger partial charge is 0.410 e. The summed E-state index contributed by atoms with van der Waals surface area (Å²) < 4.78 is 5.33. The Kier molecular flexibility index (Phi) is 3.82. The number of rotatable bonds is 0. The van der Waals surface area contributed by atoms with Gasteiger partial charge in [0.25, 0.3) is 0 Å². The van der Waals surface area contributed by atoms with Gasteiger partial charge in [-0.3, -0.25) is 0 Å². The monoisotopic (exact) mass is 275 g/mol. The summed E-state index contributed by atoms with van der Waals surface area (Å²) in [6.07, 6.45) is 0.698. The highest BCUT2D eigenvalue weighted by Crippen LogP contribution is 2.25. The fourth-order valence-corrected chi connectivity index (χ4v) is 1.90. The highest BCUT2D eigenvalue weighted by molar-refractivity contribution is 9.11. The Morgan fingerprint density at radius 2 is 2.20 bits per heavy atom. The van der Waals surface area contributed by atoms with Gasteiger partial charge in [-0.05, 0) is 44.7 Å². The molecule has 0 N–H and O–H groups in total. The van der Waals surface area contributed by atoms with E-state index in [9.17, 15) is 4.79 Å². The third-order valence-electron chi connectivity index (χ3n) is 2.25. The molecule has 1 aliphatic rings. The molecule has 1 aliphatic heterocycles. The second-order valence-electron chi connectivity index (χ2n) is 4.93. The van der Waals surface area contributed by atoms with Gasteiger partial charge in [-0.25, -0.2) is 4.79 Å². The summed E-state index contributed by atoms with van der Waals surface area (Å²) in [7, 11) is 0. The predicted molar refractivity (Wildman–Crippen MR) is 64.0 cm³/mol. The third kappa shape index (κ3) is 3.52. The summed E-state index contributed by atoms with van der Waals surface area (Å²) in [5.74, 6) is 0. The van der Waals surface area contributed by atoms with Crippen molar-refractivity contribution < 1.29 is 9.53 Å². The van der Waals surface area contributed by atoms with Crippen molar-refractivity contribution in [3.8, 4) is 0 Å².